The van der Waals surface area contributed by atoms with Crippen LogP contribution in [0.3, 0.4) is 0 Å². The van der Waals surface area contributed by atoms with Gasteiger partial charge in [0.25, 0.3) is 0 Å². The molecule has 0 aliphatic rings. The number of unbranched alkanes of at least 4 members (excludes halogenated alkanes) is 7. The van der Waals surface area contributed by atoms with E-state index in [1.165, 1.54) is 62.5 Å². The van der Waals surface area contributed by atoms with Crippen molar-refractivity contribution in [2.45, 2.75) is 64.7 Å². The third-order valence-corrected chi connectivity index (χ3v) is 5.66. The van der Waals surface area contributed by atoms with E-state index in [0.29, 0.717) is 0 Å². The van der Waals surface area contributed by atoms with Crippen molar-refractivity contribution >= 4 is 32.1 Å². The quantitative estimate of drug-likeness (QED) is 0.451. The monoisotopic (exact) mass is 280 g/mol. The van der Waals surface area contributed by atoms with Crippen molar-refractivity contribution < 1.29 is 0 Å². The molecule has 0 saturated carbocycles. The van der Waals surface area contributed by atoms with Crippen LogP contribution in [0, 0.1) is 0 Å². The summed E-state index contributed by atoms with van der Waals surface area (Å²) in [4.78, 5) is 0. The first kappa shape index (κ1) is 14.1. The standard InChI is InChI=1S/C16H24S2/c1-2-3-4-5-6-7-8-9-10-14-13-18-15-11-12-17-16(14)15/h11-13H,2-10H2,1H3. The molecule has 2 aromatic rings. The van der Waals surface area contributed by atoms with Crippen molar-refractivity contribution in [3.63, 3.8) is 0 Å². The molecular formula is C16H24S2. The summed E-state index contributed by atoms with van der Waals surface area (Å²) >= 11 is 3.82. The Morgan fingerprint density at radius 1 is 0.889 bits per heavy atom. The third kappa shape index (κ3) is 4.10. The van der Waals surface area contributed by atoms with E-state index >= 15 is 0 Å². The summed E-state index contributed by atoms with van der Waals surface area (Å²) in [6.07, 6.45) is 12.6. The van der Waals surface area contributed by atoms with Gasteiger partial charge in [-0.2, -0.15) is 0 Å². The van der Waals surface area contributed by atoms with Crippen LogP contribution in [0.15, 0.2) is 16.8 Å². The normalized spacial score (nSPS) is 11.4. The van der Waals surface area contributed by atoms with E-state index in [1.54, 1.807) is 10.3 Å². The second kappa shape index (κ2) is 7.96. The van der Waals surface area contributed by atoms with Gasteiger partial charge in [-0.15, -0.1) is 22.7 Å². The van der Waals surface area contributed by atoms with Gasteiger partial charge in [0.1, 0.15) is 0 Å². The zero-order valence-electron chi connectivity index (χ0n) is 11.4. The summed E-state index contributed by atoms with van der Waals surface area (Å²) in [5, 5.41) is 4.58. The first-order chi connectivity index (χ1) is 8.92. The predicted octanol–water partition coefficient (Wildman–Crippen LogP) is 6.65. The molecule has 0 bridgehead atoms. The Morgan fingerprint density at radius 2 is 1.61 bits per heavy atom. The lowest BCUT2D eigenvalue weighted by molar-refractivity contribution is 0.576. The van der Waals surface area contributed by atoms with E-state index in [4.69, 9.17) is 0 Å². The molecule has 2 heteroatoms. The minimum atomic E-state index is 1.29. The first-order valence-corrected chi connectivity index (χ1v) is 9.11. The minimum absolute atomic E-state index is 1.29. The van der Waals surface area contributed by atoms with Crippen LogP contribution in [-0.4, -0.2) is 0 Å². The number of thiophene rings is 2. The molecular weight excluding hydrogens is 256 g/mol. The van der Waals surface area contributed by atoms with Crippen LogP contribution in [0.5, 0.6) is 0 Å². The van der Waals surface area contributed by atoms with Crippen LogP contribution in [0.25, 0.3) is 9.40 Å². The summed E-state index contributed by atoms with van der Waals surface area (Å²) in [6.45, 7) is 2.28. The van der Waals surface area contributed by atoms with Gasteiger partial charge in [-0.3, -0.25) is 0 Å². The highest BCUT2D eigenvalue weighted by Crippen LogP contribution is 2.31. The van der Waals surface area contributed by atoms with Crippen molar-refractivity contribution in [2.24, 2.45) is 0 Å². The van der Waals surface area contributed by atoms with E-state index in [2.05, 4.69) is 23.8 Å². The lowest BCUT2D eigenvalue weighted by Crippen LogP contribution is -1.84. The van der Waals surface area contributed by atoms with Crippen LogP contribution in [0.2, 0.25) is 0 Å². The summed E-state index contributed by atoms with van der Waals surface area (Å²) in [5.74, 6) is 0. The van der Waals surface area contributed by atoms with Gasteiger partial charge in [0.15, 0.2) is 0 Å². The Labute approximate surface area is 119 Å². The highest BCUT2D eigenvalue weighted by atomic mass is 32.1. The van der Waals surface area contributed by atoms with Crippen LogP contribution >= 0.6 is 22.7 Å². The predicted molar refractivity (Wildman–Crippen MR) is 86.0 cm³/mol. The molecule has 0 unspecified atom stereocenters. The summed E-state index contributed by atoms with van der Waals surface area (Å²) < 4.78 is 3.03. The van der Waals surface area contributed by atoms with Crippen LogP contribution in [0.1, 0.15) is 63.9 Å². The van der Waals surface area contributed by atoms with Gasteiger partial charge in [-0.05, 0) is 35.2 Å². The molecule has 0 aromatic carbocycles. The van der Waals surface area contributed by atoms with Crippen molar-refractivity contribution in [1.29, 1.82) is 0 Å². The van der Waals surface area contributed by atoms with Gasteiger partial charge >= 0.3 is 0 Å². The van der Waals surface area contributed by atoms with Crippen LogP contribution in [0.4, 0.5) is 0 Å². The van der Waals surface area contributed by atoms with Gasteiger partial charge in [-0.1, -0.05) is 51.9 Å². The summed E-state index contributed by atoms with van der Waals surface area (Å²) in [7, 11) is 0. The summed E-state index contributed by atoms with van der Waals surface area (Å²) in [6, 6.07) is 2.25. The molecule has 2 rings (SSSR count). The van der Waals surface area contributed by atoms with Crippen molar-refractivity contribution in [2.75, 3.05) is 0 Å². The number of hydrogen-bond acceptors (Lipinski definition) is 2. The largest absolute Gasteiger partial charge is 0.143 e. The van der Waals surface area contributed by atoms with E-state index in [0.717, 1.165) is 0 Å². The Morgan fingerprint density at radius 3 is 2.39 bits per heavy atom. The maximum atomic E-state index is 2.36. The fourth-order valence-electron chi connectivity index (χ4n) is 2.43. The molecule has 0 fully saturated rings. The molecule has 0 atom stereocenters. The van der Waals surface area contributed by atoms with Gasteiger partial charge < -0.3 is 0 Å². The van der Waals surface area contributed by atoms with Crippen LogP contribution < -0.4 is 0 Å². The average molecular weight is 281 g/mol. The van der Waals surface area contributed by atoms with Gasteiger partial charge in [0.05, 0.1) is 0 Å². The van der Waals surface area contributed by atoms with E-state index in [1.807, 2.05) is 22.7 Å². The Kier molecular flexibility index (Phi) is 6.22. The topological polar surface area (TPSA) is 0 Å². The minimum Gasteiger partial charge on any atom is -0.143 e. The lowest BCUT2D eigenvalue weighted by atomic mass is 10.1. The molecule has 0 radical (unpaired) electrons. The molecule has 0 aliphatic heterocycles. The summed E-state index contributed by atoms with van der Waals surface area (Å²) in [5.41, 5.74) is 1.59. The lowest BCUT2D eigenvalue weighted by Gasteiger charge is -2.01. The SMILES string of the molecule is CCCCCCCCCCc1csc2ccsc12. The zero-order chi connectivity index (χ0) is 12.6. The number of rotatable bonds is 9. The molecule has 2 aromatic heterocycles. The smallest absolute Gasteiger partial charge is 0.0482 e. The van der Waals surface area contributed by atoms with Gasteiger partial charge in [0.2, 0.25) is 0 Å². The molecule has 0 aliphatic carbocycles. The third-order valence-electron chi connectivity index (χ3n) is 3.55. The molecule has 2 heterocycles. The first-order valence-electron chi connectivity index (χ1n) is 7.35. The molecule has 0 saturated heterocycles. The van der Waals surface area contributed by atoms with E-state index in [9.17, 15) is 0 Å². The Bertz CT molecular complexity index is 439. The van der Waals surface area contributed by atoms with Crippen molar-refractivity contribution in [3.05, 3.63) is 22.4 Å². The number of fused-ring (bicyclic) bond motifs is 1. The Balaban J connectivity index is 1.57. The van der Waals surface area contributed by atoms with Crippen molar-refractivity contribution in [3.8, 4) is 0 Å². The van der Waals surface area contributed by atoms with Crippen LogP contribution in [-0.2, 0) is 6.42 Å². The maximum Gasteiger partial charge on any atom is 0.0482 e. The molecule has 0 N–H and O–H groups in total. The highest BCUT2D eigenvalue weighted by molar-refractivity contribution is 7.26. The van der Waals surface area contributed by atoms with Crippen molar-refractivity contribution in [1.82, 2.24) is 0 Å². The number of hydrogen-bond donors (Lipinski definition) is 0. The zero-order valence-corrected chi connectivity index (χ0v) is 13.0. The molecule has 0 spiro atoms. The molecule has 100 valence electrons. The molecule has 0 amide bonds. The van der Waals surface area contributed by atoms with Gasteiger partial charge in [-0.25, -0.2) is 0 Å². The second-order valence-corrected chi connectivity index (χ2v) is 6.93. The average Bonchev–Trinajstić information content (AvgIpc) is 2.96. The molecule has 18 heavy (non-hydrogen) atoms. The maximum absolute atomic E-state index is 2.36. The van der Waals surface area contributed by atoms with Gasteiger partial charge in [0, 0.05) is 9.40 Å². The fourth-order valence-corrected chi connectivity index (χ4v) is 4.61. The Hall–Kier alpha value is -0.340. The molecule has 0 nitrogen and oxygen atoms in total. The number of aryl methyl sites for hydroxylation is 1. The fraction of sp³-hybridized carbons (Fsp3) is 0.625. The second-order valence-electron chi connectivity index (χ2n) is 5.10. The van der Waals surface area contributed by atoms with E-state index < -0.39 is 0 Å². The van der Waals surface area contributed by atoms with E-state index in [-0.39, 0.29) is 0 Å². The highest BCUT2D eigenvalue weighted by Gasteiger charge is 2.04.